The fraction of sp³-hybridized carbons (Fsp3) is 0.667. The van der Waals surface area contributed by atoms with Gasteiger partial charge >= 0.3 is 5.97 Å². The summed E-state index contributed by atoms with van der Waals surface area (Å²) in [5.41, 5.74) is 0. The van der Waals surface area contributed by atoms with Crippen molar-refractivity contribution in [1.29, 1.82) is 0 Å². The van der Waals surface area contributed by atoms with Crippen LogP contribution in [0.2, 0.25) is 0 Å². The lowest BCUT2D eigenvalue weighted by molar-refractivity contribution is -0.137. The molecule has 0 unspecified atom stereocenters. The molecule has 0 aliphatic rings. The molecule has 0 aromatic heterocycles. The number of carboxylic acid groups (broad SMARTS) is 1. The zero-order valence-corrected chi connectivity index (χ0v) is 13.7. The van der Waals surface area contributed by atoms with Crippen molar-refractivity contribution in [2.75, 3.05) is 0 Å². The number of carboxylic acids is 1. The smallest absolute Gasteiger partial charge is 0.303 e. The first-order valence-electron chi connectivity index (χ1n) is 8.32. The van der Waals surface area contributed by atoms with Gasteiger partial charge in [0.2, 0.25) is 0 Å². The van der Waals surface area contributed by atoms with Crippen LogP contribution >= 0.6 is 0 Å². The molecule has 0 spiro atoms. The zero-order chi connectivity index (χ0) is 16.6. The lowest BCUT2D eigenvalue weighted by Crippen LogP contribution is -2.03. The molecule has 0 aliphatic heterocycles. The SMILES string of the molecule is CC/C=C\CCC(=O)/C=C/[C@H](O)CCCCCCCC(=O)O. The van der Waals surface area contributed by atoms with Crippen LogP contribution in [0.1, 0.15) is 71.1 Å². The number of carbonyl (C=O) groups excluding carboxylic acids is 1. The van der Waals surface area contributed by atoms with Crippen LogP contribution in [0.25, 0.3) is 0 Å². The average Bonchev–Trinajstić information content (AvgIpc) is 2.48. The molecule has 126 valence electrons. The van der Waals surface area contributed by atoms with E-state index in [1.165, 1.54) is 6.08 Å². The predicted octanol–water partition coefficient (Wildman–Crippen LogP) is 4.03. The summed E-state index contributed by atoms with van der Waals surface area (Å²) in [4.78, 5) is 21.9. The third-order valence-electron chi connectivity index (χ3n) is 3.35. The summed E-state index contributed by atoms with van der Waals surface area (Å²) in [5.74, 6) is -0.691. The van der Waals surface area contributed by atoms with Gasteiger partial charge in [-0.2, -0.15) is 0 Å². The topological polar surface area (TPSA) is 74.6 Å². The summed E-state index contributed by atoms with van der Waals surface area (Å²) >= 11 is 0. The van der Waals surface area contributed by atoms with E-state index in [-0.39, 0.29) is 12.2 Å². The Bertz CT molecular complexity index is 358. The highest BCUT2D eigenvalue weighted by molar-refractivity contribution is 5.89. The Labute approximate surface area is 133 Å². The van der Waals surface area contributed by atoms with Gasteiger partial charge in [0.1, 0.15) is 0 Å². The van der Waals surface area contributed by atoms with Gasteiger partial charge in [-0.05, 0) is 31.8 Å². The Balaban J connectivity index is 3.57. The van der Waals surface area contributed by atoms with Crippen LogP contribution in [0.4, 0.5) is 0 Å². The van der Waals surface area contributed by atoms with E-state index in [1.54, 1.807) is 6.08 Å². The zero-order valence-electron chi connectivity index (χ0n) is 13.7. The summed E-state index contributed by atoms with van der Waals surface area (Å²) in [6, 6.07) is 0. The van der Waals surface area contributed by atoms with Gasteiger partial charge in [-0.3, -0.25) is 9.59 Å². The standard InChI is InChI=1S/C18H30O4/c1-2-3-4-8-11-16(19)14-15-17(20)12-9-6-5-7-10-13-18(21)22/h3-4,14-15,17,20H,2,5-13H2,1H3,(H,21,22)/b4-3-,15-14+/t17-/m1/s1. The molecule has 0 rings (SSSR count). The molecule has 2 N–H and O–H groups in total. The summed E-state index contributed by atoms with van der Waals surface area (Å²) in [6.45, 7) is 2.06. The van der Waals surface area contributed by atoms with Gasteiger partial charge in [-0.25, -0.2) is 0 Å². The van der Waals surface area contributed by atoms with Crippen molar-refractivity contribution in [2.24, 2.45) is 0 Å². The maximum absolute atomic E-state index is 11.5. The number of allylic oxidation sites excluding steroid dienone is 3. The number of ketones is 1. The summed E-state index contributed by atoms with van der Waals surface area (Å²) in [5, 5.41) is 18.3. The van der Waals surface area contributed by atoms with Crippen molar-refractivity contribution in [3.8, 4) is 0 Å². The van der Waals surface area contributed by atoms with Gasteiger partial charge in [-0.15, -0.1) is 0 Å². The third-order valence-corrected chi connectivity index (χ3v) is 3.35. The van der Waals surface area contributed by atoms with Gasteiger partial charge in [0, 0.05) is 12.8 Å². The van der Waals surface area contributed by atoms with Crippen LogP contribution in [-0.4, -0.2) is 28.1 Å². The maximum atomic E-state index is 11.5. The first-order chi connectivity index (χ1) is 10.6. The van der Waals surface area contributed by atoms with E-state index in [1.807, 2.05) is 12.2 Å². The van der Waals surface area contributed by atoms with E-state index in [9.17, 15) is 14.7 Å². The molecular weight excluding hydrogens is 280 g/mol. The third kappa shape index (κ3) is 15.0. The molecule has 0 saturated heterocycles. The molecule has 22 heavy (non-hydrogen) atoms. The molecule has 0 radical (unpaired) electrons. The molecule has 0 aromatic rings. The number of aliphatic hydroxyl groups is 1. The number of hydrogen-bond donors (Lipinski definition) is 2. The Hall–Kier alpha value is -1.42. The number of carbonyl (C=O) groups is 2. The van der Waals surface area contributed by atoms with E-state index < -0.39 is 12.1 Å². The van der Waals surface area contributed by atoms with Crippen LogP contribution in [0.3, 0.4) is 0 Å². The number of unbranched alkanes of at least 4 members (excludes halogenated alkanes) is 4. The fourth-order valence-electron chi connectivity index (χ4n) is 2.07. The molecule has 4 nitrogen and oxygen atoms in total. The van der Waals surface area contributed by atoms with Crippen molar-refractivity contribution in [3.05, 3.63) is 24.3 Å². The maximum Gasteiger partial charge on any atom is 0.303 e. The van der Waals surface area contributed by atoms with E-state index >= 15 is 0 Å². The van der Waals surface area contributed by atoms with Crippen LogP contribution < -0.4 is 0 Å². The van der Waals surface area contributed by atoms with Crippen molar-refractivity contribution in [1.82, 2.24) is 0 Å². The lowest BCUT2D eigenvalue weighted by atomic mass is 10.1. The van der Waals surface area contributed by atoms with Gasteiger partial charge < -0.3 is 10.2 Å². The van der Waals surface area contributed by atoms with E-state index in [0.29, 0.717) is 12.8 Å². The molecule has 1 atom stereocenters. The second-order valence-corrected chi connectivity index (χ2v) is 5.51. The molecule has 0 aromatic carbocycles. The highest BCUT2D eigenvalue weighted by Crippen LogP contribution is 2.09. The highest BCUT2D eigenvalue weighted by atomic mass is 16.4. The molecule has 0 bridgehead atoms. The summed E-state index contributed by atoms with van der Waals surface area (Å²) < 4.78 is 0. The minimum Gasteiger partial charge on any atom is -0.481 e. The highest BCUT2D eigenvalue weighted by Gasteiger charge is 2.02. The first kappa shape index (κ1) is 20.6. The molecule has 0 saturated carbocycles. The average molecular weight is 310 g/mol. The van der Waals surface area contributed by atoms with Gasteiger partial charge in [0.25, 0.3) is 0 Å². The van der Waals surface area contributed by atoms with Gasteiger partial charge in [0.05, 0.1) is 6.10 Å². The molecular formula is C18H30O4. The van der Waals surface area contributed by atoms with Gasteiger partial charge in [-0.1, -0.05) is 50.8 Å². The van der Waals surface area contributed by atoms with Crippen molar-refractivity contribution < 1.29 is 19.8 Å². The second-order valence-electron chi connectivity index (χ2n) is 5.51. The lowest BCUT2D eigenvalue weighted by Gasteiger charge is -2.05. The molecule has 0 heterocycles. The van der Waals surface area contributed by atoms with Crippen molar-refractivity contribution >= 4 is 11.8 Å². The first-order valence-corrected chi connectivity index (χ1v) is 8.32. The molecule has 0 aliphatic carbocycles. The quantitative estimate of drug-likeness (QED) is 0.288. The van der Waals surface area contributed by atoms with Crippen LogP contribution in [-0.2, 0) is 9.59 Å². The Morgan fingerprint density at radius 3 is 2.36 bits per heavy atom. The van der Waals surface area contributed by atoms with Gasteiger partial charge in [0.15, 0.2) is 5.78 Å². The van der Waals surface area contributed by atoms with Crippen molar-refractivity contribution in [3.63, 3.8) is 0 Å². The Kier molecular flexibility index (Phi) is 13.6. The van der Waals surface area contributed by atoms with E-state index in [4.69, 9.17) is 5.11 Å². The summed E-state index contributed by atoms with van der Waals surface area (Å²) in [7, 11) is 0. The number of aliphatic hydroxyl groups excluding tert-OH is 1. The largest absolute Gasteiger partial charge is 0.481 e. The number of rotatable bonds is 14. The van der Waals surface area contributed by atoms with Crippen LogP contribution in [0.15, 0.2) is 24.3 Å². The van der Waals surface area contributed by atoms with Crippen LogP contribution in [0, 0.1) is 0 Å². The van der Waals surface area contributed by atoms with E-state index in [0.717, 1.165) is 44.9 Å². The number of aliphatic carboxylic acids is 1. The Morgan fingerprint density at radius 2 is 1.68 bits per heavy atom. The molecule has 0 fully saturated rings. The second kappa shape index (κ2) is 14.5. The molecule has 4 heteroatoms. The number of hydrogen-bond acceptors (Lipinski definition) is 3. The molecule has 0 amide bonds. The minimum atomic E-state index is -0.740. The predicted molar refractivity (Wildman–Crippen MR) is 88.8 cm³/mol. The van der Waals surface area contributed by atoms with E-state index in [2.05, 4.69) is 6.92 Å². The van der Waals surface area contributed by atoms with Crippen molar-refractivity contribution in [2.45, 2.75) is 77.2 Å². The minimum absolute atomic E-state index is 0.0495. The monoisotopic (exact) mass is 310 g/mol. The fourth-order valence-corrected chi connectivity index (χ4v) is 2.07. The summed E-state index contributed by atoms with van der Waals surface area (Å²) in [6.07, 6.45) is 14.2. The Morgan fingerprint density at radius 1 is 1.00 bits per heavy atom. The normalized spacial score (nSPS) is 13.0. The van der Waals surface area contributed by atoms with Crippen LogP contribution in [0.5, 0.6) is 0 Å².